The molecule has 1 unspecified atom stereocenters. The minimum absolute atomic E-state index is 0.0777. The molecule has 1 heterocycles. The number of aliphatic hydroxyl groups excluding tert-OH is 2. The average Bonchev–Trinajstić information content (AvgIpc) is 3.30. The van der Waals surface area contributed by atoms with Gasteiger partial charge in [0.15, 0.2) is 12.2 Å². The molecule has 1 saturated heterocycles. The summed E-state index contributed by atoms with van der Waals surface area (Å²) in [5.41, 5.74) is 2.02. The van der Waals surface area contributed by atoms with Crippen LogP contribution in [0.25, 0.3) is 0 Å². The van der Waals surface area contributed by atoms with Crippen LogP contribution in [0.2, 0.25) is 5.02 Å². The van der Waals surface area contributed by atoms with E-state index < -0.39 is 24.0 Å². The minimum atomic E-state index is -1.92. The Labute approximate surface area is 191 Å². The molecule has 2 aromatic carbocycles. The van der Waals surface area contributed by atoms with Gasteiger partial charge in [0.2, 0.25) is 0 Å². The van der Waals surface area contributed by atoms with Gasteiger partial charge in [-0.1, -0.05) is 35.6 Å². The lowest BCUT2D eigenvalue weighted by Gasteiger charge is -2.28. The van der Waals surface area contributed by atoms with Crippen molar-refractivity contribution < 1.29 is 19.8 Å². The van der Waals surface area contributed by atoms with Crippen molar-refractivity contribution in [1.29, 1.82) is 5.26 Å². The first kappa shape index (κ1) is 23.3. The maximum absolute atomic E-state index is 12.8. The van der Waals surface area contributed by atoms with E-state index in [1.165, 1.54) is 4.90 Å². The number of carbonyl (C=O) groups excluding carboxylic acids is 2. The molecule has 1 fully saturated rings. The fourth-order valence-electron chi connectivity index (χ4n) is 3.55. The van der Waals surface area contributed by atoms with Crippen molar-refractivity contribution in [3.8, 4) is 17.9 Å². The Morgan fingerprint density at radius 3 is 2.56 bits per heavy atom. The summed E-state index contributed by atoms with van der Waals surface area (Å²) in [5, 5.41) is 32.2. The van der Waals surface area contributed by atoms with Crippen LogP contribution < -0.4 is 5.32 Å². The van der Waals surface area contributed by atoms with Crippen molar-refractivity contribution in [3.05, 3.63) is 70.2 Å². The third-order valence-electron chi connectivity index (χ3n) is 5.19. The van der Waals surface area contributed by atoms with E-state index in [4.69, 9.17) is 16.9 Å². The van der Waals surface area contributed by atoms with Crippen LogP contribution in [0, 0.1) is 23.2 Å². The molecule has 0 aliphatic carbocycles. The lowest BCUT2D eigenvalue weighted by atomic mass is 10.0. The Kier molecular flexibility index (Phi) is 7.86. The van der Waals surface area contributed by atoms with E-state index in [1.54, 1.807) is 42.5 Å². The molecule has 32 heavy (non-hydrogen) atoms. The van der Waals surface area contributed by atoms with Gasteiger partial charge in [-0.2, -0.15) is 5.26 Å². The molecule has 0 spiro atoms. The molecule has 2 amide bonds. The number of amides is 2. The largest absolute Gasteiger partial charge is 0.380 e. The van der Waals surface area contributed by atoms with Gasteiger partial charge in [0.05, 0.1) is 24.2 Å². The molecule has 0 bridgehead atoms. The Hall–Kier alpha value is -3.36. The van der Waals surface area contributed by atoms with Gasteiger partial charge in [-0.15, -0.1) is 0 Å². The third-order valence-corrected chi connectivity index (χ3v) is 5.42. The number of rotatable bonds is 5. The Bertz CT molecular complexity index is 1080. The number of nitriles is 1. The second kappa shape index (κ2) is 10.8. The molecule has 2 aromatic rings. The van der Waals surface area contributed by atoms with Gasteiger partial charge in [-0.05, 0) is 54.8 Å². The predicted octanol–water partition coefficient (Wildman–Crippen LogP) is 1.76. The van der Waals surface area contributed by atoms with Crippen LogP contribution >= 0.6 is 11.6 Å². The lowest BCUT2D eigenvalue weighted by Crippen LogP contribution is -2.50. The van der Waals surface area contributed by atoms with Crippen molar-refractivity contribution in [2.75, 3.05) is 13.1 Å². The highest BCUT2D eigenvalue weighted by molar-refractivity contribution is 6.30. The zero-order chi connectivity index (χ0) is 23.1. The minimum Gasteiger partial charge on any atom is -0.380 e. The molecular weight excluding hydrogens is 430 g/mol. The summed E-state index contributed by atoms with van der Waals surface area (Å²) in [6.07, 6.45) is -2.37. The van der Waals surface area contributed by atoms with Crippen LogP contribution in [-0.4, -0.2) is 52.2 Å². The van der Waals surface area contributed by atoms with E-state index in [-0.39, 0.29) is 12.6 Å². The summed E-state index contributed by atoms with van der Waals surface area (Å²) < 4.78 is 0. The molecule has 3 atom stereocenters. The SMILES string of the molecule is N#Cc1ccc(C#CCNC(=O)[C@H](O)[C@@H](O)C(=O)N2CCCC2c2cccc(Cl)c2)cc1. The van der Waals surface area contributed by atoms with Crippen molar-refractivity contribution in [2.24, 2.45) is 0 Å². The van der Waals surface area contributed by atoms with E-state index in [9.17, 15) is 19.8 Å². The van der Waals surface area contributed by atoms with Crippen molar-refractivity contribution in [3.63, 3.8) is 0 Å². The first-order chi connectivity index (χ1) is 15.4. The molecular formula is C24H22ClN3O4. The van der Waals surface area contributed by atoms with Crippen molar-refractivity contribution in [2.45, 2.75) is 31.1 Å². The molecule has 0 saturated carbocycles. The van der Waals surface area contributed by atoms with Gasteiger partial charge in [-0.25, -0.2) is 0 Å². The summed E-state index contributed by atoms with van der Waals surface area (Å²) in [7, 11) is 0. The molecule has 1 aliphatic rings. The number of aliphatic hydroxyl groups is 2. The van der Waals surface area contributed by atoms with Crippen molar-refractivity contribution in [1.82, 2.24) is 10.2 Å². The molecule has 8 heteroatoms. The maximum atomic E-state index is 12.8. The Balaban J connectivity index is 1.56. The van der Waals surface area contributed by atoms with E-state index in [0.717, 1.165) is 12.0 Å². The summed E-state index contributed by atoms with van der Waals surface area (Å²) in [5.74, 6) is 3.93. The summed E-state index contributed by atoms with van der Waals surface area (Å²) in [4.78, 5) is 26.4. The van der Waals surface area contributed by atoms with Crippen LogP contribution in [0.4, 0.5) is 0 Å². The molecule has 7 nitrogen and oxygen atoms in total. The zero-order valence-corrected chi connectivity index (χ0v) is 17.9. The summed E-state index contributed by atoms with van der Waals surface area (Å²) >= 11 is 6.05. The fraction of sp³-hybridized carbons (Fsp3) is 0.292. The number of hydrogen-bond acceptors (Lipinski definition) is 5. The highest BCUT2D eigenvalue weighted by Gasteiger charge is 2.38. The second-order valence-electron chi connectivity index (χ2n) is 7.34. The van der Waals surface area contributed by atoms with Crippen LogP contribution in [0.3, 0.4) is 0 Å². The van der Waals surface area contributed by atoms with Gasteiger partial charge in [0.1, 0.15) is 0 Å². The van der Waals surface area contributed by atoms with Crippen molar-refractivity contribution >= 4 is 23.4 Å². The molecule has 1 aliphatic heterocycles. The molecule has 0 radical (unpaired) electrons. The average molecular weight is 452 g/mol. The molecule has 164 valence electrons. The van der Waals surface area contributed by atoms with Crippen LogP contribution in [0.5, 0.6) is 0 Å². The standard InChI is InChI=1S/C24H22ClN3O4/c25-19-6-1-5-18(14-19)20-7-3-13-28(20)24(32)22(30)21(29)23(31)27-12-2-4-16-8-10-17(15-26)11-9-16/h1,5-6,8-11,14,20-22,29-30H,3,7,12-13H2,(H,27,31)/t20?,21-,22-/m1/s1. The smallest absolute Gasteiger partial charge is 0.255 e. The normalized spacial score (nSPS) is 16.9. The molecule has 3 rings (SSSR count). The number of likely N-dealkylation sites (tertiary alicyclic amines) is 1. The Morgan fingerprint density at radius 2 is 1.88 bits per heavy atom. The summed E-state index contributed by atoms with van der Waals surface area (Å²) in [6.45, 7) is 0.336. The van der Waals surface area contributed by atoms with E-state index in [2.05, 4.69) is 17.2 Å². The molecule has 3 N–H and O–H groups in total. The van der Waals surface area contributed by atoms with Gasteiger partial charge in [0, 0.05) is 17.1 Å². The number of halogens is 1. The Morgan fingerprint density at radius 1 is 1.16 bits per heavy atom. The first-order valence-corrected chi connectivity index (χ1v) is 10.5. The third kappa shape index (κ3) is 5.66. The molecule has 0 aromatic heterocycles. The second-order valence-corrected chi connectivity index (χ2v) is 7.78. The van der Waals surface area contributed by atoms with Gasteiger partial charge < -0.3 is 20.4 Å². The van der Waals surface area contributed by atoms with E-state index in [1.807, 2.05) is 12.1 Å². The highest BCUT2D eigenvalue weighted by Crippen LogP contribution is 2.33. The van der Waals surface area contributed by atoms with Crippen LogP contribution in [0.15, 0.2) is 48.5 Å². The van der Waals surface area contributed by atoms with Crippen LogP contribution in [-0.2, 0) is 9.59 Å². The lowest BCUT2D eigenvalue weighted by molar-refractivity contribution is -0.153. The van der Waals surface area contributed by atoms with E-state index >= 15 is 0 Å². The quantitative estimate of drug-likeness (QED) is 0.599. The number of hydrogen-bond donors (Lipinski definition) is 3. The monoisotopic (exact) mass is 451 g/mol. The van der Waals surface area contributed by atoms with E-state index in [0.29, 0.717) is 29.1 Å². The maximum Gasteiger partial charge on any atom is 0.255 e. The summed E-state index contributed by atoms with van der Waals surface area (Å²) in [6, 6.07) is 15.5. The number of carbonyl (C=O) groups is 2. The van der Waals surface area contributed by atoms with Gasteiger partial charge >= 0.3 is 0 Å². The van der Waals surface area contributed by atoms with Gasteiger partial charge in [-0.3, -0.25) is 9.59 Å². The highest BCUT2D eigenvalue weighted by atomic mass is 35.5. The number of nitrogens with one attached hydrogen (secondary N) is 1. The zero-order valence-electron chi connectivity index (χ0n) is 17.2. The predicted molar refractivity (Wildman–Crippen MR) is 118 cm³/mol. The van der Waals surface area contributed by atoms with Crippen LogP contribution in [0.1, 0.15) is 35.6 Å². The number of benzene rings is 2. The topological polar surface area (TPSA) is 114 Å². The fourth-order valence-corrected chi connectivity index (χ4v) is 3.75. The first-order valence-electron chi connectivity index (χ1n) is 10.1. The number of nitrogens with zero attached hydrogens (tertiary/aromatic N) is 2. The van der Waals surface area contributed by atoms with Gasteiger partial charge in [0.25, 0.3) is 11.8 Å².